The topological polar surface area (TPSA) is 96.0 Å². The number of amides is 2. The molecule has 0 saturated heterocycles. The van der Waals surface area contributed by atoms with Crippen molar-refractivity contribution in [2.75, 3.05) is 24.5 Å². The maximum Gasteiger partial charge on any atom is 0.264 e. The molecule has 0 radical (unpaired) electrons. The number of sulfonamides is 1. The van der Waals surface area contributed by atoms with Gasteiger partial charge in [0.15, 0.2) is 0 Å². The average molecular weight is 620 g/mol. The van der Waals surface area contributed by atoms with Gasteiger partial charge in [0.05, 0.1) is 17.2 Å². The van der Waals surface area contributed by atoms with Crippen LogP contribution in [0.15, 0.2) is 114 Å². The van der Waals surface area contributed by atoms with E-state index in [1.54, 1.807) is 66.7 Å². The van der Waals surface area contributed by atoms with E-state index in [9.17, 15) is 18.0 Å². The summed E-state index contributed by atoms with van der Waals surface area (Å²) in [6.07, 6.45) is 0.233. The highest BCUT2D eigenvalue weighted by atomic mass is 35.5. The van der Waals surface area contributed by atoms with Gasteiger partial charge in [-0.1, -0.05) is 72.3 Å². The lowest BCUT2D eigenvalue weighted by atomic mass is 10.0. The highest BCUT2D eigenvalue weighted by Crippen LogP contribution is 2.26. The monoisotopic (exact) mass is 619 g/mol. The minimum Gasteiger partial charge on any atom is -0.494 e. The van der Waals surface area contributed by atoms with E-state index in [2.05, 4.69) is 5.32 Å². The Hall–Kier alpha value is -4.34. The van der Waals surface area contributed by atoms with Crippen molar-refractivity contribution in [1.82, 2.24) is 10.2 Å². The highest BCUT2D eigenvalue weighted by Gasteiger charge is 2.34. The van der Waals surface area contributed by atoms with Crippen LogP contribution >= 0.6 is 11.6 Å². The summed E-state index contributed by atoms with van der Waals surface area (Å²) in [7, 11) is -2.68. The summed E-state index contributed by atoms with van der Waals surface area (Å²) in [5, 5.41) is 3.21. The number of carbonyl (C=O) groups is 2. The molecule has 224 valence electrons. The maximum absolute atomic E-state index is 14.3. The van der Waals surface area contributed by atoms with Gasteiger partial charge in [-0.3, -0.25) is 13.9 Å². The Morgan fingerprint density at radius 2 is 1.44 bits per heavy atom. The zero-order valence-electron chi connectivity index (χ0n) is 24.0. The molecule has 0 saturated carbocycles. The van der Waals surface area contributed by atoms with Crippen molar-refractivity contribution < 1.29 is 22.7 Å². The molecular formula is C33H34ClN3O5S. The Kier molecular flexibility index (Phi) is 10.8. The lowest BCUT2D eigenvalue weighted by Gasteiger charge is -2.33. The number of ether oxygens (including phenoxy) is 1. The molecule has 0 aliphatic carbocycles. The molecule has 0 fully saturated rings. The number of hydrogen-bond donors (Lipinski definition) is 1. The third kappa shape index (κ3) is 8.15. The largest absolute Gasteiger partial charge is 0.494 e. The summed E-state index contributed by atoms with van der Waals surface area (Å²) in [5.74, 6) is -0.378. The molecule has 0 aliphatic rings. The highest BCUT2D eigenvalue weighted by molar-refractivity contribution is 7.92. The number of nitrogens with one attached hydrogen (secondary N) is 1. The lowest BCUT2D eigenvalue weighted by Crippen LogP contribution is -2.53. The molecule has 0 aromatic heterocycles. The number of halogens is 1. The van der Waals surface area contributed by atoms with E-state index in [1.807, 2.05) is 37.3 Å². The summed E-state index contributed by atoms with van der Waals surface area (Å²) in [6.45, 7) is 1.81. The number of hydrogen-bond acceptors (Lipinski definition) is 5. The molecule has 43 heavy (non-hydrogen) atoms. The zero-order chi connectivity index (χ0) is 30.8. The minimum absolute atomic E-state index is 0.00370. The molecule has 0 bridgehead atoms. The third-order valence-electron chi connectivity index (χ3n) is 6.83. The molecule has 10 heteroatoms. The number of rotatable bonds is 13. The van der Waals surface area contributed by atoms with Gasteiger partial charge in [0.1, 0.15) is 18.3 Å². The first-order chi connectivity index (χ1) is 20.7. The van der Waals surface area contributed by atoms with Crippen LogP contribution in [0.25, 0.3) is 0 Å². The molecule has 0 heterocycles. The Balaban J connectivity index is 1.75. The lowest BCUT2D eigenvalue weighted by molar-refractivity contribution is -0.139. The first kappa shape index (κ1) is 31.6. The Morgan fingerprint density at radius 3 is 2.02 bits per heavy atom. The van der Waals surface area contributed by atoms with Gasteiger partial charge in [-0.15, -0.1) is 0 Å². The van der Waals surface area contributed by atoms with Crippen LogP contribution in [0.3, 0.4) is 0 Å². The fourth-order valence-electron chi connectivity index (χ4n) is 4.63. The van der Waals surface area contributed by atoms with E-state index in [0.717, 1.165) is 15.4 Å². The van der Waals surface area contributed by atoms with Crippen LogP contribution in [0.2, 0.25) is 5.02 Å². The van der Waals surface area contributed by atoms with E-state index in [1.165, 1.54) is 24.1 Å². The number of para-hydroxylation sites is 1. The van der Waals surface area contributed by atoms with Crippen LogP contribution in [0.1, 0.15) is 18.1 Å². The SMILES string of the molecule is CCOc1ccc(S(=O)(=O)N(CC(=O)N(Cc2ccc(Cl)cc2)C(Cc2ccccc2)C(=O)NC)c2ccccc2)cc1. The van der Waals surface area contributed by atoms with Gasteiger partial charge >= 0.3 is 0 Å². The second kappa shape index (κ2) is 14.7. The first-order valence-corrected chi connectivity index (χ1v) is 15.6. The zero-order valence-corrected chi connectivity index (χ0v) is 25.6. The van der Waals surface area contributed by atoms with Gasteiger partial charge in [0.25, 0.3) is 10.0 Å². The number of nitrogens with zero attached hydrogens (tertiary/aromatic N) is 2. The molecule has 1 atom stereocenters. The van der Waals surface area contributed by atoms with Crippen molar-refractivity contribution in [2.45, 2.75) is 30.8 Å². The summed E-state index contributed by atoms with van der Waals surface area (Å²) < 4.78 is 34.6. The molecule has 0 aliphatic heterocycles. The third-order valence-corrected chi connectivity index (χ3v) is 8.87. The predicted octanol–water partition coefficient (Wildman–Crippen LogP) is 5.32. The molecule has 1 N–H and O–H groups in total. The standard InChI is InChI=1S/C33H34ClN3O5S/c1-3-42-29-18-20-30(21-19-29)43(40,41)37(28-12-8-5-9-13-28)24-32(38)36(23-26-14-16-27(34)17-15-26)31(33(39)35-2)22-25-10-6-4-7-11-25/h4-21,31H,3,22-24H2,1-2H3,(H,35,39). The van der Waals surface area contributed by atoms with Gasteiger partial charge in [0, 0.05) is 25.0 Å². The second-order valence-corrected chi connectivity index (χ2v) is 12.0. The Bertz CT molecular complexity index is 1600. The first-order valence-electron chi connectivity index (χ1n) is 13.8. The van der Waals surface area contributed by atoms with Crippen molar-refractivity contribution in [3.05, 3.63) is 125 Å². The van der Waals surface area contributed by atoms with Crippen LogP contribution in [0, 0.1) is 0 Å². The van der Waals surface area contributed by atoms with Crippen molar-refractivity contribution in [3.8, 4) is 5.75 Å². The van der Waals surface area contributed by atoms with Crippen LogP contribution in [0.5, 0.6) is 5.75 Å². The number of anilines is 1. The average Bonchev–Trinajstić information content (AvgIpc) is 3.03. The molecule has 4 rings (SSSR count). The number of carbonyl (C=O) groups excluding carboxylic acids is 2. The van der Waals surface area contributed by atoms with Crippen LogP contribution < -0.4 is 14.4 Å². The Labute approximate surface area is 257 Å². The molecule has 0 spiro atoms. The molecular weight excluding hydrogens is 586 g/mol. The second-order valence-electron chi connectivity index (χ2n) is 9.72. The van der Waals surface area contributed by atoms with Gasteiger partial charge in [-0.25, -0.2) is 8.42 Å². The van der Waals surface area contributed by atoms with Gasteiger partial charge in [0.2, 0.25) is 11.8 Å². The predicted molar refractivity (Wildman–Crippen MR) is 169 cm³/mol. The summed E-state index contributed by atoms with van der Waals surface area (Å²) in [5.41, 5.74) is 1.91. The van der Waals surface area contributed by atoms with E-state index in [0.29, 0.717) is 23.1 Å². The van der Waals surface area contributed by atoms with E-state index in [-0.39, 0.29) is 23.8 Å². The van der Waals surface area contributed by atoms with Gasteiger partial charge in [-0.2, -0.15) is 0 Å². The minimum atomic E-state index is -4.19. The van der Waals surface area contributed by atoms with Crippen LogP contribution in [0.4, 0.5) is 5.69 Å². The van der Waals surface area contributed by atoms with Crippen molar-refractivity contribution in [2.24, 2.45) is 0 Å². The quantitative estimate of drug-likeness (QED) is 0.219. The van der Waals surface area contributed by atoms with E-state index in [4.69, 9.17) is 16.3 Å². The normalized spacial score (nSPS) is 11.8. The van der Waals surface area contributed by atoms with Crippen LogP contribution in [-0.2, 0) is 32.6 Å². The van der Waals surface area contributed by atoms with Crippen LogP contribution in [-0.4, -0.2) is 51.4 Å². The van der Waals surface area contributed by atoms with E-state index >= 15 is 0 Å². The van der Waals surface area contributed by atoms with Gasteiger partial charge < -0.3 is 15.0 Å². The summed E-state index contributed by atoms with van der Waals surface area (Å²) >= 11 is 6.10. The Morgan fingerprint density at radius 1 is 0.837 bits per heavy atom. The molecule has 1 unspecified atom stereocenters. The molecule has 2 amide bonds. The number of likely N-dealkylation sites (N-methyl/N-ethyl adjacent to an activating group) is 1. The summed E-state index contributed by atoms with van der Waals surface area (Å²) in [6, 6.07) is 29.9. The summed E-state index contributed by atoms with van der Waals surface area (Å²) in [4.78, 5) is 29.0. The fraction of sp³-hybridized carbons (Fsp3) is 0.212. The molecule has 4 aromatic carbocycles. The number of benzene rings is 4. The van der Waals surface area contributed by atoms with Gasteiger partial charge in [-0.05, 0) is 66.6 Å². The van der Waals surface area contributed by atoms with E-state index < -0.39 is 28.5 Å². The van der Waals surface area contributed by atoms with Crippen molar-refractivity contribution >= 4 is 39.1 Å². The maximum atomic E-state index is 14.3. The van der Waals surface area contributed by atoms with Crippen molar-refractivity contribution in [3.63, 3.8) is 0 Å². The smallest absolute Gasteiger partial charge is 0.264 e. The fourth-order valence-corrected chi connectivity index (χ4v) is 6.17. The molecule has 4 aromatic rings. The van der Waals surface area contributed by atoms with Crippen molar-refractivity contribution in [1.29, 1.82) is 0 Å². The molecule has 8 nitrogen and oxygen atoms in total.